The largest absolute Gasteiger partial charge is 0.451 e. The van der Waals surface area contributed by atoms with Gasteiger partial charge in [0.05, 0.1) is 4.90 Å². The first kappa shape index (κ1) is 19.9. The van der Waals surface area contributed by atoms with Gasteiger partial charge in [0.1, 0.15) is 5.58 Å². The molecule has 6 nitrogen and oxygen atoms in total. The van der Waals surface area contributed by atoms with Crippen molar-refractivity contribution in [3.8, 4) is 0 Å². The lowest BCUT2D eigenvalue weighted by molar-refractivity contribution is 0.0998. The standard InChI is InChI=1S/C21H21ClN2O4S/c1-14-18-12-15(22)8-9-19(18)28-20(14)21(25)23-16-6-5-7-17(13-16)29(26,27)24-10-3-2-4-11-24/h5-9,12-13H,2-4,10-11H2,1H3,(H,23,25). The Balaban J connectivity index is 1.60. The highest BCUT2D eigenvalue weighted by atomic mass is 35.5. The molecule has 3 aromatic rings. The minimum atomic E-state index is -3.57. The molecule has 1 aliphatic rings. The Hall–Kier alpha value is -2.35. The first-order valence-corrected chi connectivity index (χ1v) is 11.3. The van der Waals surface area contributed by atoms with E-state index in [9.17, 15) is 13.2 Å². The molecule has 0 spiro atoms. The van der Waals surface area contributed by atoms with Crippen molar-refractivity contribution in [3.63, 3.8) is 0 Å². The number of benzene rings is 2. The van der Waals surface area contributed by atoms with E-state index >= 15 is 0 Å². The average Bonchev–Trinajstić information content (AvgIpc) is 3.05. The van der Waals surface area contributed by atoms with E-state index in [2.05, 4.69) is 5.32 Å². The van der Waals surface area contributed by atoms with Gasteiger partial charge < -0.3 is 9.73 Å². The van der Waals surface area contributed by atoms with Gasteiger partial charge in [-0.2, -0.15) is 4.31 Å². The second-order valence-electron chi connectivity index (χ2n) is 7.14. The summed E-state index contributed by atoms with van der Waals surface area (Å²) in [6.07, 6.45) is 2.78. The van der Waals surface area contributed by atoms with E-state index in [4.69, 9.17) is 16.0 Å². The molecule has 0 saturated carbocycles. The van der Waals surface area contributed by atoms with Crippen LogP contribution in [0.2, 0.25) is 5.02 Å². The third kappa shape index (κ3) is 3.90. The number of fused-ring (bicyclic) bond motifs is 1. The summed E-state index contributed by atoms with van der Waals surface area (Å²) in [6.45, 7) is 2.84. The zero-order valence-electron chi connectivity index (χ0n) is 15.9. The van der Waals surface area contributed by atoms with E-state index in [0.29, 0.717) is 34.9 Å². The molecular weight excluding hydrogens is 412 g/mol. The quantitative estimate of drug-likeness (QED) is 0.640. The van der Waals surface area contributed by atoms with Crippen molar-refractivity contribution in [3.05, 3.63) is 58.8 Å². The molecule has 152 valence electrons. The van der Waals surface area contributed by atoms with Crippen molar-refractivity contribution in [1.29, 1.82) is 0 Å². The Morgan fingerprint density at radius 3 is 2.62 bits per heavy atom. The van der Waals surface area contributed by atoms with Gasteiger partial charge >= 0.3 is 0 Å². The summed E-state index contributed by atoms with van der Waals surface area (Å²) in [5.41, 5.74) is 1.64. The summed E-state index contributed by atoms with van der Waals surface area (Å²) in [7, 11) is -3.57. The summed E-state index contributed by atoms with van der Waals surface area (Å²) in [6, 6.07) is 11.5. The molecule has 8 heteroatoms. The Morgan fingerprint density at radius 2 is 1.86 bits per heavy atom. The van der Waals surface area contributed by atoms with E-state index in [1.165, 1.54) is 10.4 Å². The number of carbonyl (C=O) groups excluding carboxylic acids is 1. The van der Waals surface area contributed by atoms with Crippen molar-refractivity contribution in [2.45, 2.75) is 31.1 Å². The first-order valence-electron chi connectivity index (χ1n) is 9.46. The van der Waals surface area contributed by atoms with Crippen LogP contribution in [0.3, 0.4) is 0 Å². The van der Waals surface area contributed by atoms with Crippen LogP contribution < -0.4 is 5.32 Å². The number of nitrogens with one attached hydrogen (secondary N) is 1. The molecule has 4 rings (SSSR count). The lowest BCUT2D eigenvalue weighted by Gasteiger charge is -2.26. The topological polar surface area (TPSA) is 79.6 Å². The third-order valence-electron chi connectivity index (χ3n) is 5.15. The smallest absolute Gasteiger partial charge is 0.291 e. The van der Waals surface area contributed by atoms with Crippen molar-refractivity contribution in [2.24, 2.45) is 0 Å². The second kappa shape index (κ2) is 7.82. The number of furan rings is 1. The number of aryl methyl sites for hydroxylation is 1. The molecule has 1 saturated heterocycles. The molecule has 1 aromatic heterocycles. The van der Waals surface area contributed by atoms with Crippen LogP contribution in [-0.4, -0.2) is 31.7 Å². The van der Waals surface area contributed by atoms with Crippen LogP contribution in [0.1, 0.15) is 35.4 Å². The zero-order valence-corrected chi connectivity index (χ0v) is 17.5. The van der Waals surface area contributed by atoms with Crippen molar-refractivity contribution in [1.82, 2.24) is 4.31 Å². The Labute approximate surface area is 174 Å². The van der Waals surface area contributed by atoms with Crippen LogP contribution in [-0.2, 0) is 10.0 Å². The van der Waals surface area contributed by atoms with Gasteiger partial charge in [-0.15, -0.1) is 0 Å². The average molecular weight is 433 g/mol. The van der Waals surface area contributed by atoms with Crippen LogP contribution in [0.25, 0.3) is 11.0 Å². The van der Waals surface area contributed by atoms with Gasteiger partial charge in [-0.05, 0) is 56.2 Å². The van der Waals surface area contributed by atoms with Gasteiger partial charge in [0.2, 0.25) is 10.0 Å². The summed E-state index contributed by atoms with van der Waals surface area (Å²) < 4.78 is 32.9. The maximum Gasteiger partial charge on any atom is 0.291 e. The van der Waals surface area contributed by atoms with E-state index in [1.54, 1.807) is 43.3 Å². The lowest BCUT2D eigenvalue weighted by atomic mass is 10.1. The van der Waals surface area contributed by atoms with Crippen molar-refractivity contribution in [2.75, 3.05) is 18.4 Å². The Morgan fingerprint density at radius 1 is 1.10 bits per heavy atom. The zero-order chi connectivity index (χ0) is 20.6. The van der Waals surface area contributed by atoms with Gasteiger partial charge in [0.15, 0.2) is 5.76 Å². The molecule has 2 heterocycles. The minimum absolute atomic E-state index is 0.172. The predicted octanol–water partition coefficient (Wildman–Crippen LogP) is 4.82. The van der Waals surface area contributed by atoms with Crippen molar-refractivity contribution >= 4 is 44.2 Å². The number of hydrogen-bond donors (Lipinski definition) is 1. The molecule has 0 atom stereocenters. The van der Waals surface area contributed by atoms with E-state index in [0.717, 1.165) is 24.6 Å². The number of nitrogens with zero attached hydrogens (tertiary/aromatic N) is 1. The number of anilines is 1. The number of amides is 1. The van der Waals surface area contributed by atoms with Crippen LogP contribution in [0.4, 0.5) is 5.69 Å². The predicted molar refractivity (Wildman–Crippen MR) is 113 cm³/mol. The minimum Gasteiger partial charge on any atom is -0.451 e. The highest BCUT2D eigenvalue weighted by Crippen LogP contribution is 2.29. The number of halogens is 1. The fourth-order valence-electron chi connectivity index (χ4n) is 3.59. The summed E-state index contributed by atoms with van der Waals surface area (Å²) in [5.74, 6) is -0.270. The maximum absolute atomic E-state index is 12.9. The number of hydrogen-bond acceptors (Lipinski definition) is 4. The number of carbonyl (C=O) groups is 1. The van der Waals surface area contributed by atoms with E-state index < -0.39 is 15.9 Å². The first-order chi connectivity index (χ1) is 13.9. The van der Waals surface area contributed by atoms with Crippen LogP contribution in [0.5, 0.6) is 0 Å². The highest BCUT2D eigenvalue weighted by molar-refractivity contribution is 7.89. The van der Waals surface area contributed by atoms with Crippen LogP contribution in [0.15, 0.2) is 51.8 Å². The SMILES string of the molecule is Cc1c(C(=O)Nc2cccc(S(=O)(=O)N3CCCCC3)c2)oc2ccc(Cl)cc12. The second-order valence-corrected chi connectivity index (χ2v) is 9.52. The van der Waals surface area contributed by atoms with Gasteiger partial charge in [-0.3, -0.25) is 4.79 Å². The summed E-state index contributed by atoms with van der Waals surface area (Å²) in [4.78, 5) is 12.9. The molecule has 0 bridgehead atoms. The molecule has 1 amide bonds. The molecule has 0 unspecified atom stereocenters. The monoisotopic (exact) mass is 432 g/mol. The van der Waals surface area contributed by atoms with Gasteiger partial charge in [0, 0.05) is 34.7 Å². The molecule has 1 aliphatic heterocycles. The fraction of sp³-hybridized carbons (Fsp3) is 0.286. The molecule has 0 radical (unpaired) electrons. The van der Waals surface area contributed by atoms with Crippen LogP contribution >= 0.6 is 11.6 Å². The van der Waals surface area contributed by atoms with Crippen molar-refractivity contribution < 1.29 is 17.6 Å². The molecule has 2 aromatic carbocycles. The third-order valence-corrected chi connectivity index (χ3v) is 7.28. The maximum atomic E-state index is 12.9. The van der Waals surface area contributed by atoms with E-state index in [1.807, 2.05) is 0 Å². The normalized spacial score (nSPS) is 15.5. The summed E-state index contributed by atoms with van der Waals surface area (Å²) >= 11 is 6.03. The molecule has 0 aliphatic carbocycles. The lowest BCUT2D eigenvalue weighted by Crippen LogP contribution is -2.35. The van der Waals surface area contributed by atoms with Crippen LogP contribution in [0, 0.1) is 6.92 Å². The highest BCUT2D eigenvalue weighted by Gasteiger charge is 2.26. The number of piperidine rings is 1. The Kier molecular flexibility index (Phi) is 5.38. The fourth-order valence-corrected chi connectivity index (χ4v) is 5.32. The Bertz CT molecular complexity index is 1180. The van der Waals surface area contributed by atoms with Gasteiger partial charge in [0.25, 0.3) is 5.91 Å². The van der Waals surface area contributed by atoms with Gasteiger partial charge in [-0.25, -0.2) is 8.42 Å². The van der Waals surface area contributed by atoms with Gasteiger partial charge in [-0.1, -0.05) is 24.1 Å². The molecule has 1 fully saturated rings. The summed E-state index contributed by atoms with van der Waals surface area (Å²) in [5, 5.41) is 4.07. The number of sulfonamides is 1. The molecular formula is C21H21ClN2O4S. The van der Waals surface area contributed by atoms with E-state index in [-0.39, 0.29) is 10.7 Å². The number of rotatable bonds is 4. The molecule has 1 N–H and O–H groups in total. The molecule has 29 heavy (non-hydrogen) atoms.